The molecule has 20 heavy (non-hydrogen) atoms. The number of hydrogen-bond donors (Lipinski definition) is 0. The maximum atomic E-state index is 9.99. The minimum Gasteiger partial charge on any atom is -0.313 e. The Bertz CT molecular complexity index is 591. The second kappa shape index (κ2) is 9.25. The molecule has 0 fully saturated rings. The fourth-order valence-electron chi connectivity index (χ4n) is 1.36. The maximum absolute atomic E-state index is 9.99. The van der Waals surface area contributed by atoms with Crippen molar-refractivity contribution >= 4 is 8.10 Å². The van der Waals surface area contributed by atoms with Gasteiger partial charge in [-0.15, -0.1) is 0 Å². The van der Waals surface area contributed by atoms with Crippen LogP contribution in [0.5, 0.6) is 0 Å². The van der Waals surface area contributed by atoms with Gasteiger partial charge < -0.3 is 4.57 Å². The van der Waals surface area contributed by atoms with Crippen LogP contribution in [0.25, 0.3) is 32.0 Å². The first kappa shape index (κ1) is 15.3. The number of azide groups is 1. The predicted molar refractivity (Wildman–Crippen MR) is 79.2 cm³/mol. The molecular formula is C12H11N6OP. The van der Waals surface area contributed by atoms with E-state index in [4.69, 9.17) is 11.1 Å². The molecule has 0 radical (unpaired) electrons. The van der Waals surface area contributed by atoms with E-state index in [2.05, 4.69) is 68.1 Å². The highest BCUT2D eigenvalue weighted by atomic mass is 31.1. The van der Waals surface area contributed by atoms with E-state index in [1.807, 2.05) is 12.1 Å². The van der Waals surface area contributed by atoms with Gasteiger partial charge in [0.15, 0.2) is 0 Å². The summed E-state index contributed by atoms with van der Waals surface area (Å²) in [7, 11) is -2.72. The van der Waals surface area contributed by atoms with Gasteiger partial charge in [-0.3, -0.25) is 0 Å². The molecule has 2 aromatic rings. The van der Waals surface area contributed by atoms with Crippen molar-refractivity contribution < 1.29 is 4.57 Å². The zero-order valence-corrected chi connectivity index (χ0v) is 11.4. The lowest BCUT2D eigenvalue weighted by atomic mass is 10.1. The van der Waals surface area contributed by atoms with Crippen molar-refractivity contribution in [3.8, 4) is 11.1 Å². The van der Waals surface area contributed by atoms with Crippen LogP contribution in [-0.2, 0) is 4.57 Å². The van der Waals surface area contributed by atoms with Crippen molar-refractivity contribution in [2.45, 2.75) is 0 Å². The Balaban J connectivity index is 0.000000221. The quantitative estimate of drug-likeness (QED) is 0.321. The molecule has 0 aliphatic rings. The molecule has 0 saturated heterocycles. The van der Waals surface area contributed by atoms with Gasteiger partial charge in [-0.2, -0.15) is 0 Å². The Morgan fingerprint density at radius 2 is 1.10 bits per heavy atom. The minimum atomic E-state index is -2.72. The van der Waals surface area contributed by atoms with Gasteiger partial charge in [0.2, 0.25) is 8.10 Å². The van der Waals surface area contributed by atoms with Crippen LogP contribution in [0.2, 0.25) is 0 Å². The molecule has 0 bridgehead atoms. The first-order valence-corrected chi connectivity index (χ1v) is 6.83. The van der Waals surface area contributed by atoms with Crippen molar-refractivity contribution in [3.63, 3.8) is 0 Å². The van der Waals surface area contributed by atoms with Crippen LogP contribution in [0, 0.1) is 0 Å². The molecule has 0 N–H and O–H groups in total. The summed E-state index contributed by atoms with van der Waals surface area (Å²) in [4.78, 5) is 9.54. The van der Waals surface area contributed by atoms with Gasteiger partial charge >= 0.3 is 0 Å². The Hall–Kier alpha value is -2.71. The summed E-state index contributed by atoms with van der Waals surface area (Å²) in [5.41, 5.74) is 17.7. The van der Waals surface area contributed by atoms with Crippen molar-refractivity contribution in [1.29, 1.82) is 0 Å². The normalized spacial score (nSPS) is 10.0. The van der Waals surface area contributed by atoms with E-state index in [1.54, 1.807) is 0 Å². The predicted octanol–water partition coefficient (Wildman–Crippen LogP) is 5.35. The lowest BCUT2D eigenvalue weighted by Crippen LogP contribution is -1.73. The Labute approximate surface area is 116 Å². The van der Waals surface area contributed by atoms with Crippen LogP contribution in [0.15, 0.2) is 70.4 Å². The molecule has 0 aliphatic heterocycles. The smallest absolute Gasteiger partial charge is 0.247 e. The van der Waals surface area contributed by atoms with Gasteiger partial charge in [0.1, 0.15) is 0 Å². The van der Waals surface area contributed by atoms with E-state index in [0.29, 0.717) is 0 Å². The highest BCUT2D eigenvalue weighted by Gasteiger charge is 1.91. The molecule has 0 spiro atoms. The summed E-state index contributed by atoms with van der Waals surface area (Å²) in [5.74, 6) is 0. The number of nitrogens with zero attached hydrogens (tertiary/aromatic N) is 6. The fraction of sp³-hybridized carbons (Fsp3) is 0. The van der Waals surface area contributed by atoms with E-state index in [-0.39, 0.29) is 0 Å². The van der Waals surface area contributed by atoms with Gasteiger partial charge in [0.25, 0.3) is 0 Å². The number of hydrogen-bond acceptors (Lipinski definition) is 1. The van der Waals surface area contributed by atoms with Crippen LogP contribution in [-0.4, -0.2) is 0 Å². The molecular weight excluding hydrogens is 275 g/mol. The molecule has 8 heteroatoms. The lowest BCUT2D eigenvalue weighted by Gasteiger charge is -1.98. The summed E-state index contributed by atoms with van der Waals surface area (Å²) in [6, 6.07) is 20.8. The van der Waals surface area contributed by atoms with Crippen molar-refractivity contribution in [2.24, 2.45) is 9.77 Å². The molecule has 0 unspecified atom stereocenters. The van der Waals surface area contributed by atoms with Crippen molar-refractivity contribution in [2.75, 3.05) is 0 Å². The third kappa shape index (κ3) is 5.76. The van der Waals surface area contributed by atoms with E-state index in [9.17, 15) is 4.57 Å². The molecule has 100 valence electrons. The molecule has 0 amide bonds. The highest BCUT2D eigenvalue weighted by molar-refractivity contribution is 7.41. The Morgan fingerprint density at radius 3 is 1.40 bits per heavy atom. The summed E-state index contributed by atoms with van der Waals surface area (Å²) in [5, 5.41) is 0. The van der Waals surface area contributed by atoms with Crippen LogP contribution < -0.4 is 0 Å². The standard InChI is InChI=1S/C12H10.HN6OP/c1-3-7-11(8-4-1)12-9-5-2-6-10-12;1-3-5-8(7)6-4-2/h1-10H;8H. The highest BCUT2D eigenvalue weighted by Crippen LogP contribution is 2.23. The van der Waals surface area contributed by atoms with Gasteiger partial charge in [-0.25, -0.2) is 0 Å². The molecule has 0 aliphatic carbocycles. The molecule has 2 rings (SSSR count). The second-order valence-corrected chi connectivity index (χ2v) is 4.36. The zero-order valence-electron chi connectivity index (χ0n) is 10.4. The van der Waals surface area contributed by atoms with E-state index >= 15 is 0 Å². The first-order chi connectivity index (χ1) is 9.77. The molecule has 0 atom stereocenters. The van der Waals surface area contributed by atoms with Crippen LogP contribution in [0.1, 0.15) is 0 Å². The van der Waals surface area contributed by atoms with E-state index < -0.39 is 8.10 Å². The molecule has 0 saturated carbocycles. The summed E-state index contributed by atoms with van der Waals surface area (Å²) < 4.78 is 9.99. The van der Waals surface area contributed by atoms with Gasteiger partial charge in [-0.05, 0) is 32.0 Å². The van der Waals surface area contributed by atoms with Crippen LogP contribution >= 0.6 is 8.10 Å². The van der Waals surface area contributed by atoms with Crippen molar-refractivity contribution in [1.82, 2.24) is 0 Å². The summed E-state index contributed by atoms with van der Waals surface area (Å²) >= 11 is 0. The minimum absolute atomic E-state index is 1.28. The molecule has 7 nitrogen and oxygen atoms in total. The Morgan fingerprint density at radius 1 is 0.750 bits per heavy atom. The van der Waals surface area contributed by atoms with Crippen LogP contribution in [0.3, 0.4) is 0 Å². The maximum Gasteiger partial charge on any atom is 0.247 e. The van der Waals surface area contributed by atoms with Crippen LogP contribution in [0.4, 0.5) is 0 Å². The second-order valence-electron chi connectivity index (χ2n) is 3.39. The summed E-state index contributed by atoms with van der Waals surface area (Å²) in [6.45, 7) is 0. The topological polar surface area (TPSA) is 115 Å². The van der Waals surface area contributed by atoms with Gasteiger partial charge in [0, 0.05) is 9.82 Å². The van der Waals surface area contributed by atoms with E-state index in [0.717, 1.165) is 0 Å². The van der Waals surface area contributed by atoms with Crippen molar-refractivity contribution in [3.05, 3.63) is 81.5 Å². The lowest BCUT2D eigenvalue weighted by molar-refractivity contribution is 0.589. The first-order valence-electron chi connectivity index (χ1n) is 5.52. The number of rotatable bonds is 3. The number of benzene rings is 2. The zero-order chi connectivity index (χ0) is 14.6. The third-order valence-electron chi connectivity index (χ3n) is 2.14. The van der Waals surface area contributed by atoms with Gasteiger partial charge in [-0.1, -0.05) is 60.7 Å². The molecule has 0 heterocycles. The fourth-order valence-corrected chi connectivity index (χ4v) is 1.55. The Kier molecular flexibility index (Phi) is 7.10. The van der Waals surface area contributed by atoms with Gasteiger partial charge in [0.05, 0.1) is 0 Å². The average Bonchev–Trinajstić information content (AvgIpc) is 2.50. The monoisotopic (exact) mass is 286 g/mol. The SMILES string of the molecule is [N-]=[N+]=N[PH](=O)N=[N+]=[N-].c1ccc(-c2ccccc2)cc1. The summed E-state index contributed by atoms with van der Waals surface area (Å²) in [6.07, 6.45) is 0. The molecule has 0 aromatic heterocycles. The third-order valence-corrected chi connectivity index (χ3v) is 2.66. The largest absolute Gasteiger partial charge is 0.313 e. The molecule has 2 aromatic carbocycles. The van der Waals surface area contributed by atoms with E-state index in [1.165, 1.54) is 11.1 Å². The average molecular weight is 286 g/mol.